The van der Waals surface area contributed by atoms with Crippen LogP contribution in [-0.4, -0.2) is 5.84 Å². The Morgan fingerprint density at radius 2 is 1.95 bits per heavy atom. The molecular formula is C16H18N2O. The molecule has 98 valence electrons. The molecule has 0 amide bonds. The van der Waals surface area contributed by atoms with Gasteiger partial charge < -0.3 is 10.5 Å². The molecule has 0 spiro atoms. The molecule has 19 heavy (non-hydrogen) atoms. The lowest BCUT2D eigenvalue weighted by atomic mass is 10.1. The number of aryl methyl sites for hydroxylation is 2. The molecule has 2 aromatic carbocycles. The Morgan fingerprint density at radius 1 is 1.21 bits per heavy atom. The first-order valence-electron chi connectivity index (χ1n) is 6.32. The van der Waals surface area contributed by atoms with Crippen molar-refractivity contribution in [3.05, 3.63) is 59.2 Å². The van der Waals surface area contributed by atoms with Gasteiger partial charge in [-0.25, -0.2) is 0 Å². The van der Waals surface area contributed by atoms with Crippen LogP contribution in [0.5, 0.6) is 11.5 Å². The van der Waals surface area contributed by atoms with Gasteiger partial charge in [-0.3, -0.25) is 5.41 Å². The van der Waals surface area contributed by atoms with E-state index in [2.05, 4.69) is 13.0 Å². The first-order chi connectivity index (χ1) is 9.11. The molecule has 0 bridgehead atoms. The molecule has 0 aliphatic rings. The summed E-state index contributed by atoms with van der Waals surface area (Å²) >= 11 is 0. The van der Waals surface area contributed by atoms with E-state index in [-0.39, 0.29) is 5.84 Å². The van der Waals surface area contributed by atoms with Crippen molar-refractivity contribution >= 4 is 5.84 Å². The molecule has 0 atom stereocenters. The van der Waals surface area contributed by atoms with Crippen LogP contribution < -0.4 is 10.5 Å². The fraction of sp³-hybridized carbons (Fsp3) is 0.188. The number of amidine groups is 1. The summed E-state index contributed by atoms with van der Waals surface area (Å²) in [5.74, 6) is 1.72. The van der Waals surface area contributed by atoms with Gasteiger partial charge in [0.1, 0.15) is 17.3 Å². The van der Waals surface area contributed by atoms with Crippen LogP contribution in [0, 0.1) is 12.3 Å². The van der Waals surface area contributed by atoms with Crippen LogP contribution in [0.1, 0.15) is 23.6 Å². The van der Waals surface area contributed by atoms with E-state index in [1.54, 1.807) is 0 Å². The summed E-state index contributed by atoms with van der Waals surface area (Å²) in [5, 5.41) is 7.47. The minimum Gasteiger partial charge on any atom is -0.457 e. The van der Waals surface area contributed by atoms with Gasteiger partial charge >= 0.3 is 0 Å². The SMILES string of the molecule is CCc1ccccc1Oc1ccc(C(=N)N)c(C)c1. The number of nitrogen functional groups attached to an aromatic ring is 1. The largest absolute Gasteiger partial charge is 0.457 e. The lowest BCUT2D eigenvalue weighted by Gasteiger charge is -2.11. The van der Waals surface area contributed by atoms with E-state index in [1.807, 2.05) is 43.3 Å². The molecule has 0 aromatic heterocycles. The number of hydrogen-bond donors (Lipinski definition) is 2. The van der Waals surface area contributed by atoms with Crippen molar-refractivity contribution < 1.29 is 4.74 Å². The van der Waals surface area contributed by atoms with Crippen LogP contribution >= 0.6 is 0 Å². The monoisotopic (exact) mass is 254 g/mol. The van der Waals surface area contributed by atoms with Gasteiger partial charge in [-0.05, 0) is 48.7 Å². The molecule has 0 heterocycles. The standard InChI is InChI=1S/C16H18N2O/c1-3-12-6-4-5-7-15(12)19-13-8-9-14(16(17)18)11(2)10-13/h4-10H,3H2,1-2H3,(H3,17,18). The van der Waals surface area contributed by atoms with Gasteiger partial charge in [0.25, 0.3) is 0 Å². The summed E-state index contributed by atoms with van der Waals surface area (Å²) in [6.45, 7) is 4.03. The van der Waals surface area contributed by atoms with E-state index in [1.165, 1.54) is 5.56 Å². The highest BCUT2D eigenvalue weighted by molar-refractivity contribution is 5.96. The van der Waals surface area contributed by atoms with Gasteiger partial charge in [0.15, 0.2) is 0 Å². The number of ether oxygens (including phenoxy) is 1. The Morgan fingerprint density at radius 3 is 2.58 bits per heavy atom. The maximum atomic E-state index is 7.47. The van der Waals surface area contributed by atoms with E-state index in [9.17, 15) is 0 Å². The number of nitrogens with two attached hydrogens (primary N) is 1. The quantitative estimate of drug-likeness (QED) is 0.646. The van der Waals surface area contributed by atoms with E-state index >= 15 is 0 Å². The third kappa shape index (κ3) is 2.94. The molecule has 0 fully saturated rings. The van der Waals surface area contributed by atoms with Crippen molar-refractivity contribution in [2.75, 3.05) is 0 Å². The second kappa shape index (κ2) is 5.57. The predicted molar refractivity (Wildman–Crippen MR) is 78.1 cm³/mol. The summed E-state index contributed by atoms with van der Waals surface area (Å²) in [6.07, 6.45) is 0.931. The van der Waals surface area contributed by atoms with Gasteiger partial charge in [0, 0.05) is 5.56 Å². The maximum absolute atomic E-state index is 7.47. The Bertz CT molecular complexity index is 605. The van der Waals surface area contributed by atoms with Crippen LogP contribution in [0.15, 0.2) is 42.5 Å². The minimum absolute atomic E-state index is 0.0815. The first kappa shape index (κ1) is 13.1. The van der Waals surface area contributed by atoms with E-state index < -0.39 is 0 Å². The predicted octanol–water partition coefficient (Wildman–Crippen LogP) is 3.63. The van der Waals surface area contributed by atoms with E-state index in [0.29, 0.717) is 0 Å². The summed E-state index contributed by atoms with van der Waals surface area (Å²) < 4.78 is 5.90. The van der Waals surface area contributed by atoms with Gasteiger partial charge in [-0.15, -0.1) is 0 Å². The minimum atomic E-state index is 0.0815. The zero-order valence-corrected chi connectivity index (χ0v) is 11.2. The van der Waals surface area contributed by atoms with Gasteiger partial charge in [-0.1, -0.05) is 25.1 Å². The Hall–Kier alpha value is -2.29. The Balaban J connectivity index is 2.29. The highest BCUT2D eigenvalue weighted by Crippen LogP contribution is 2.27. The molecule has 0 radical (unpaired) electrons. The molecule has 0 unspecified atom stereocenters. The number of rotatable bonds is 4. The average Bonchev–Trinajstić information content (AvgIpc) is 2.39. The number of hydrogen-bond acceptors (Lipinski definition) is 2. The summed E-state index contributed by atoms with van der Waals surface area (Å²) in [7, 11) is 0. The summed E-state index contributed by atoms with van der Waals surface area (Å²) in [5.41, 5.74) is 8.37. The number of nitrogens with one attached hydrogen (secondary N) is 1. The van der Waals surface area contributed by atoms with Crippen LogP contribution in [0.4, 0.5) is 0 Å². The smallest absolute Gasteiger partial charge is 0.130 e. The van der Waals surface area contributed by atoms with Crippen molar-refractivity contribution in [2.24, 2.45) is 5.73 Å². The van der Waals surface area contributed by atoms with Crippen LogP contribution in [0.25, 0.3) is 0 Å². The number of benzene rings is 2. The molecule has 0 aliphatic carbocycles. The second-order valence-corrected chi connectivity index (χ2v) is 4.45. The Labute approximate surface area is 113 Å². The number of para-hydroxylation sites is 1. The molecule has 0 aliphatic heterocycles. The lowest BCUT2D eigenvalue weighted by molar-refractivity contribution is 0.476. The maximum Gasteiger partial charge on any atom is 0.130 e. The van der Waals surface area contributed by atoms with Crippen LogP contribution in [-0.2, 0) is 6.42 Å². The van der Waals surface area contributed by atoms with Crippen molar-refractivity contribution in [1.82, 2.24) is 0 Å². The molecule has 0 saturated carbocycles. The average molecular weight is 254 g/mol. The summed E-state index contributed by atoms with van der Waals surface area (Å²) in [4.78, 5) is 0. The van der Waals surface area contributed by atoms with Gasteiger partial charge in [0.2, 0.25) is 0 Å². The topological polar surface area (TPSA) is 59.1 Å². The third-order valence-electron chi connectivity index (χ3n) is 3.07. The molecule has 3 nitrogen and oxygen atoms in total. The third-order valence-corrected chi connectivity index (χ3v) is 3.07. The normalized spacial score (nSPS) is 10.2. The fourth-order valence-corrected chi connectivity index (χ4v) is 2.02. The molecule has 2 aromatic rings. The van der Waals surface area contributed by atoms with Crippen LogP contribution in [0.3, 0.4) is 0 Å². The highest BCUT2D eigenvalue weighted by atomic mass is 16.5. The van der Waals surface area contributed by atoms with Gasteiger partial charge in [0.05, 0.1) is 0 Å². The zero-order valence-electron chi connectivity index (χ0n) is 11.2. The lowest BCUT2D eigenvalue weighted by Crippen LogP contribution is -2.12. The van der Waals surface area contributed by atoms with Crippen molar-refractivity contribution in [1.29, 1.82) is 5.41 Å². The van der Waals surface area contributed by atoms with E-state index in [4.69, 9.17) is 15.9 Å². The highest BCUT2D eigenvalue weighted by Gasteiger charge is 2.06. The van der Waals surface area contributed by atoms with Crippen molar-refractivity contribution in [3.63, 3.8) is 0 Å². The van der Waals surface area contributed by atoms with Gasteiger partial charge in [-0.2, -0.15) is 0 Å². The Kier molecular flexibility index (Phi) is 3.85. The molecule has 2 rings (SSSR count). The van der Waals surface area contributed by atoms with E-state index in [0.717, 1.165) is 29.0 Å². The molecular weight excluding hydrogens is 236 g/mol. The second-order valence-electron chi connectivity index (χ2n) is 4.45. The first-order valence-corrected chi connectivity index (χ1v) is 6.32. The van der Waals surface area contributed by atoms with Crippen LogP contribution in [0.2, 0.25) is 0 Å². The fourth-order valence-electron chi connectivity index (χ4n) is 2.02. The molecule has 3 heteroatoms. The molecule has 0 saturated heterocycles. The molecule has 3 N–H and O–H groups in total. The summed E-state index contributed by atoms with van der Waals surface area (Å²) in [6, 6.07) is 13.6. The van der Waals surface area contributed by atoms with Crippen molar-refractivity contribution in [2.45, 2.75) is 20.3 Å². The van der Waals surface area contributed by atoms with Crippen molar-refractivity contribution in [3.8, 4) is 11.5 Å². The zero-order chi connectivity index (χ0) is 13.8.